The second-order valence-electron chi connectivity index (χ2n) is 2.29. The third-order valence-corrected chi connectivity index (χ3v) is 4.58. The molecular formula is C6H2ClI2N3O. The lowest BCUT2D eigenvalue weighted by atomic mass is 10.6. The Morgan fingerprint density at radius 1 is 1.54 bits per heavy atom. The molecule has 0 radical (unpaired) electrons. The average Bonchev–Trinajstić information content (AvgIpc) is 2.38. The molecule has 0 amide bonds. The molecule has 0 saturated heterocycles. The monoisotopic (exact) mass is 421 g/mol. The van der Waals surface area contributed by atoms with E-state index in [4.69, 9.17) is 11.6 Å². The van der Waals surface area contributed by atoms with Crippen LogP contribution in [0.2, 0.25) is 5.02 Å². The molecule has 7 heteroatoms. The maximum atomic E-state index is 11.4. The molecule has 0 aromatic carbocycles. The smallest absolute Gasteiger partial charge is 0.312 e. The number of nitrogens with one attached hydrogen (secondary N) is 1. The van der Waals surface area contributed by atoms with Crippen LogP contribution in [0.5, 0.6) is 0 Å². The molecule has 1 N–H and O–H groups in total. The number of aromatic nitrogens is 3. The number of fused-ring (bicyclic) bond motifs is 1. The van der Waals surface area contributed by atoms with E-state index in [9.17, 15) is 4.79 Å². The maximum absolute atomic E-state index is 11.4. The quantitative estimate of drug-likeness (QED) is 0.661. The Morgan fingerprint density at radius 2 is 2.23 bits per heavy atom. The molecule has 0 bridgehead atoms. The molecular weight excluding hydrogens is 419 g/mol. The van der Waals surface area contributed by atoms with E-state index in [1.54, 1.807) is 0 Å². The summed E-state index contributed by atoms with van der Waals surface area (Å²) < 4.78 is 3.00. The van der Waals surface area contributed by atoms with Crippen LogP contribution in [0.3, 0.4) is 0 Å². The number of H-pyrrole nitrogens is 1. The summed E-state index contributed by atoms with van der Waals surface area (Å²) in [5.74, 6) is 0. The van der Waals surface area contributed by atoms with E-state index in [0.29, 0.717) is 10.7 Å². The van der Waals surface area contributed by atoms with Crippen molar-refractivity contribution in [3.05, 3.63) is 29.1 Å². The van der Waals surface area contributed by atoms with Crippen molar-refractivity contribution in [3.8, 4) is 0 Å². The van der Waals surface area contributed by atoms with E-state index in [2.05, 4.69) is 55.1 Å². The summed E-state index contributed by atoms with van der Waals surface area (Å²) in [5.41, 5.74) is 0.276. The van der Waals surface area contributed by atoms with Crippen LogP contribution in [0.15, 0.2) is 11.0 Å². The topological polar surface area (TPSA) is 50.2 Å². The second-order valence-corrected chi connectivity index (χ2v) is 4.75. The molecule has 68 valence electrons. The first-order valence-corrected chi connectivity index (χ1v) is 5.75. The minimum atomic E-state index is -0.223. The minimum absolute atomic E-state index is 0.223. The summed E-state index contributed by atoms with van der Waals surface area (Å²) in [4.78, 5) is 18.1. The molecule has 0 aliphatic rings. The van der Waals surface area contributed by atoms with Crippen molar-refractivity contribution in [2.45, 2.75) is 0 Å². The fourth-order valence-corrected chi connectivity index (χ4v) is 2.19. The Kier molecular flexibility index (Phi) is 2.53. The summed E-state index contributed by atoms with van der Waals surface area (Å²) in [7, 11) is 0. The lowest BCUT2D eigenvalue weighted by Crippen LogP contribution is -2.16. The third-order valence-electron chi connectivity index (χ3n) is 1.52. The van der Waals surface area contributed by atoms with Crippen LogP contribution in [0.4, 0.5) is 0 Å². The van der Waals surface area contributed by atoms with Gasteiger partial charge in [-0.05, 0) is 45.2 Å². The van der Waals surface area contributed by atoms with Crippen molar-refractivity contribution in [2.75, 3.05) is 0 Å². The van der Waals surface area contributed by atoms with Gasteiger partial charge in [0.25, 0.3) is 0 Å². The highest BCUT2D eigenvalue weighted by molar-refractivity contribution is 14.1. The first-order chi connectivity index (χ1) is 6.11. The molecule has 13 heavy (non-hydrogen) atoms. The highest BCUT2D eigenvalue weighted by Gasteiger charge is 2.11. The number of hydrogen-bond acceptors (Lipinski definition) is 2. The van der Waals surface area contributed by atoms with Gasteiger partial charge in [0, 0.05) is 6.20 Å². The van der Waals surface area contributed by atoms with Crippen molar-refractivity contribution in [3.63, 3.8) is 0 Å². The van der Waals surface area contributed by atoms with Crippen LogP contribution < -0.4 is 5.69 Å². The standard InChI is InChI=1S/C6H2ClI2N3O/c7-2-1-10-6(13)12-4(9)3(8)11-5(2)12/h1H,(H,10,13). The molecule has 4 nitrogen and oxygen atoms in total. The van der Waals surface area contributed by atoms with E-state index >= 15 is 0 Å². The lowest BCUT2D eigenvalue weighted by molar-refractivity contribution is 0.982. The van der Waals surface area contributed by atoms with Gasteiger partial charge in [0.1, 0.15) is 12.4 Å². The van der Waals surface area contributed by atoms with E-state index in [1.165, 1.54) is 10.6 Å². The number of aromatic amines is 1. The second kappa shape index (κ2) is 3.39. The first kappa shape index (κ1) is 9.71. The van der Waals surface area contributed by atoms with Crippen molar-refractivity contribution in [2.24, 2.45) is 0 Å². The molecule has 0 aliphatic carbocycles. The minimum Gasteiger partial charge on any atom is -0.312 e. The fourth-order valence-electron chi connectivity index (χ4n) is 0.974. The Labute approximate surface area is 105 Å². The summed E-state index contributed by atoms with van der Waals surface area (Å²) in [6, 6.07) is 0. The van der Waals surface area contributed by atoms with Crippen molar-refractivity contribution in [1.29, 1.82) is 0 Å². The lowest BCUT2D eigenvalue weighted by Gasteiger charge is -1.94. The van der Waals surface area contributed by atoms with E-state index in [-0.39, 0.29) is 5.69 Å². The molecule has 2 rings (SSSR count). The van der Waals surface area contributed by atoms with Gasteiger partial charge in [-0.1, -0.05) is 11.6 Å². The van der Waals surface area contributed by atoms with Crippen LogP contribution in [0.1, 0.15) is 0 Å². The average molecular weight is 421 g/mol. The Bertz CT molecular complexity index is 532. The molecule has 0 unspecified atom stereocenters. The number of imidazole rings is 1. The van der Waals surface area contributed by atoms with Gasteiger partial charge < -0.3 is 4.98 Å². The first-order valence-electron chi connectivity index (χ1n) is 3.22. The highest BCUT2D eigenvalue weighted by atomic mass is 127. The third kappa shape index (κ3) is 1.48. The number of rotatable bonds is 0. The molecule has 0 spiro atoms. The predicted molar refractivity (Wildman–Crippen MR) is 66.3 cm³/mol. The molecule has 2 aromatic heterocycles. The van der Waals surface area contributed by atoms with E-state index < -0.39 is 0 Å². The maximum Gasteiger partial charge on any atom is 0.332 e. The Hall–Kier alpha value is 0.170. The van der Waals surface area contributed by atoms with Crippen molar-refractivity contribution < 1.29 is 0 Å². The van der Waals surface area contributed by atoms with Crippen LogP contribution in [0.25, 0.3) is 5.65 Å². The highest BCUT2D eigenvalue weighted by Crippen LogP contribution is 2.19. The summed E-state index contributed by atoms with van der Waals surface area (Å²) >= 11 is 9.97. The van der Waals surface area contributed by atoms with Gasteiger partial charge in [0.05, 0.1) is 0 Å². The van der Waals surface area contributed by atoms with Crippen LogP contribution in [-0.4, -0.2) is 14.4 Å². The molecule has 0 saturated carbocycles. The van der Waals surface area contributed by atoms with Crippen molar-refractivity contribution >= 4 is 62.4 Å². The number of halogens is 3. The van der Waals surface area contributed by atoms with Crippen LogP contribution in [0, 0.1) is 7.40 Å². The van der Waals surface area contributed by atoms with Crippen LogP contribution >= 0.6 is 56.8 Å². The summed E-state index contributed by atoms with van der Waals surface area (Å²) in [6.45, 7) is 0. The Balaban J connectivity index is 3.09. The Morgan fingerprint density at radius 3 is 2.85 bits per heavy atom. The summed E-state index contributed by atoms with van der Waals surface area (Å²) in [5, 5.41) is 0.445. The zero-order valence-corrected chi connectivity index (χ0v) is 11.1. The molecule has 0 atom stereocenters. The van der Waals surface area contributed by atoms with Gasteiger partial charge in [-0.2, -0.15) is 0 Å². The van der Waals surface area contributed by atoms with Crippen molar-refractivity contribution in [1.82, 2.24) is 14.4 Å². The number of hydrogen-bond donors (Lipinski definition) is 1. The van der Waals surface area contributed by atoms with Gasteiger partial charge in [-0.15, -0.1) is 0 Å². The number of nitrogens with zero attached hydrogens (tertiary/aromatic N) is 2. The molecule has 2 aromatic rings. The van der Waals surface area contributed by atoms with Gasteiger partial charge in [-0.25, -0.2) is 14.2 Å². The molecule has 2 heterocycles. The van der Waals surface area contributed by atoms with Crippen LogP contribution in [-0.2, 0) is 0 Å². The van der Waals surface area contributed by atoms with Gasteiger partial charge >= 0.3 is 5.69 Å². The molecule has 0 fully saturated rings. The molecule has 0 aliphatic heterocycles. The predicted octanol–water partition coefficient (Wildman–Crippen LogP) is 1.89. The van der Waals surface area contributed by atoms with Gasteiger partial charge in [0.15, 0.2) is 5.65 Å². The normalized spacial score (nSPS) is 11.0. The van der Waals surface area contributed by atoms with Gasteiger partial charge in [-0.3, -0.25) is 0 Å². The van der Waals surface area contributed by atoms with E-state index in [1.807, 2.05) is 0 Å². The zero-order valence-electron chi connectivity index (χ0n) is 6.01. The van der Waals surface area contributed by atoms with E-state index in [0.717, 1.165) is 7.40 Å². The largest absolute Gasteiger partial charge is 0.332 e. The SMILES string of the molecule is O=c1[nH]cc(Cl)c2nc(I)c(I)n12. The zero-order chi connectivity index (χ0) is 9.59. The fraction of sp³-hybridized carbons (Fsp3) is 0. The van der Waals surface area contributed by atoms with Gasteiger partial charge in [0.2, 0.25) is 0 Å². The summed E-state index contributed by atoms with van der Waals surface area (Å²) in [6.07, 6.45) is 1.44.